The molecule has 0 aromatic heterocycles. The van der Waals surface area contributed by atoms with E-state index < -0.39 is 0 Å². The average Bonchev–Trinajstić information content (AvgIpc) is 2.65. The molecule has 4 aliphatic carbocycles. The van der Waals surface area contributed by atoms with Gasteiger partial charge in [-0.1, -0.05) is 31.1 Å². The first-order valence-corrected chi connectivity index (χ1v) is 8.59. The third-order valence-corrected chi connectivity index (χ3v) is 7.18. The largest absolute Gasteiger partial charge is 0.389 e. The van der Waals surface area contributed by atoms with E-state index in [-0.39, 0.29) is 6.10 Å². The van der Waals surface area contributed by atoms with E-state index in [0.717, 1.165) is 36.5 Å². The molecule has 1 nitrogen and oxygen atoms in total. The Hall–Kier alpha value is -0.560. The molecule has 1 fully saturated rings. The summed E-state index contributed by atoms with van der Waals surface area (Å²) in [5.41, 5.74) is 5.19. The first-order valence-electron chi connectivity index (χ1n) is 8.59. The first-order chi connectivity index (χ1) is 9.51. The predicted octanol–water partition coefficient (Wildman–Crippen LogP) is 4.48. The van der Waals surface area contributed by atoms with Crippen molar-refractivity contribution in [2.24, 2.45) is 29.1 Å². The standard InChI is InChI=1S/C19H28O/c1-11-5-7-15-16(20)10-19(3)9-8-14-12(2)4-6-13(11)17(15)18(14)19/h4,11,13-14,16,18,20H,5-10H2,1-3H3. The number of hydrogen-bond donors (Lipinski definition) is 1. The van der Waals surface area contributed by atoms with Gasteiger partial charge >= 0.3 is 0 Å². The van der Waals surface area contributed by atoms with Gasteiger partial charge in [0, 0.05) is 0 Å². The molecule has 4 aliphatic rings. The van der Waals surface area contributed by atoms with Crippen molar-refractivity contribution in [3.8, 4) is 0 Å². The Morgan fingerprint density at radius 1 is 1.25 bits per heavy atom. The normalized spacial score (nSPS) is 50.6. The van der Waals surface area contributed by atoms with E-state index in [4.69, 9.17) is 0 Å². The number of rotatable bonds is 0. The lowest BCUT2D eigenvalue weighted by Gasteiger charge is -2.49. The Morgan fingerprint density at radius 2 is 2.05 bits per heavy atom. The van der Waals surface area contributed by atoms with Crippen LogP contribution in [0, 0.1) is 29.1 Å². The third kappa shape index (κ3) is 1.59. The molecule has 0 aromatic rings. The molecule has 110 valence electrons. The first kappa shape index (κ1) is 13.1. The van der Waals surface area contributed by atoms with Crippen LogP contribution in [-0.4, -0.2) is 11.2 Å². The number of allylic oxidation sites excluding steroid dienone is 3. The van der Waals surface area contributed by atoms with Gasteiger partial charge < -0.3 is 5.11 Å². The van der Waals surface area contributed by atoms with Gasteiger partial charge in [0.15, 0.2) is 0 Å². The molecule has 20 heavy (non-hydrogen) atoms. The summed E-state index contributed by atoms with van der Waals surface area (Å²) in [6.07, 6.45) is 9.73. The highest BCUT2D eigenvalue weighted by Crippen LogP contribution is 2.63. The van der Waals surface area contributed by atoms with E-state index in [0.29, 0.717) is 5.41 Å². The minimum absolute atomic E-state index is 0.140. The molecule has 4 rings (SSSR count). The zero-order chi connectivity index (χ0) is 14.1. The smallest absolute Gasteiger partial charge is 0.0758 e. The highest BCUT2D eigenvalue weighted by molar-refractivity contribution is 5.38. The van der Waals surface area contributed by atoms with Gasteiger partial charge in [0.05, 0.1) is 6.10 Å². The van der Waals surface area contributed by atoms with Gasteiger partial charge in [-0.3, -0.25) is 0 Å². The van der Waals surface area contributed by atoms with Crippen molar-refractivity contribution in [2.45, 2.75) is 65.4 Å². The van der Waals surface area contributed by atoms with E-state index in [1.807, 2.05) is 0 Å². The van der Waals surface area contributed by atoms with E-state index in [9.17, 15) is 5.11 Å². The zero-order valence-electron chi connectivity index (χ0n) is 13.2. The number of aliphatic hydroxyl groups excluding tert-OH is 1. The predicted molar refractivity (Wildman–Crippen MR) is 82.2 cm³/mol. The molecule has 0 spiro atoms. The Labute approximate surface area is 123 Å². The summed E-state index contributed by atoms with van der Waals surface area (Å²) in [6, 6.07) is 0. The molecular formula is C19H28O. The molecule has 1 heteroatoms. The molecule has 0 bridgehead atoms. The summed E-state index contributed by atoms with van der Waals surface area (Å²) < 4.78 is 0. The quantitative estimate of drug-likeness (QED) is 0.645. The summed E-state index contributed by atoms with van der Waals surface area (Å²) >= 11 is 0. The molecule has 0 aliphatic heterocycles. The van der Waals surface area contributed by atoms with E-state index in [2.05, 4.69) is 26.8 Å². The van der Waals surface area contributed by atoms with Crippen molar-refractivity contribution >= 4 is 0 Å². The van der Waals surface area contributed by atoms with Gasteiger partial charge in [-0.05, 0) is 80.1 Å². The monoisotopic (exact) mass is 272 g/mol. The zero-order valence-corrected chi connectivity index (χ0v) is 13.2. The van der Waals surface area contributed by atoms with Crippen molar-refractivity contribution in [2.75, 3.05) is 0 Å². The second-order valence-electron chi connectivity index (χ2n) is 8.28. The van der Waals surface area contributed by atoms with Crippen molar-refractivity contribution < 1.29 is 5.11 Å². The Kier molecular flexibility index (Phi) is 2.77. The Morgan fingerprint density at radius 3 is 2.85 bits per heavy atom. The average molecular weight is 272 g/mol. The molecule has 0 aromatic carbocycles. The number of hydrogen-bond acceptors (Lipinski definition) is 1. The Balaban J connectivity index is 1.91. The van der Waals surface area contributed by atoms with Gasteiger partial charge in [0.1, 0.15) is 0 Å². The lowest BCUT2D eigenvalue weighted by atomic mass is 9.57. The number of aliphatic hydroxyl groups is 1. The van der Waals surface area contributed by atoms with Gasteiger partial charge in [-0.15, -0.1) is 0 Å². The maximum Gasteiger partial charge on any atom is 0.0758 e. The van der Waals surface area contributed by atoms with Crippen LogP contribution in [0.15, 0.2) is 22.8 Å². The summed E-state index contributed by atoms with van der Waals surface area (Å²) in [5.74, 6) is 3.03. The summed E-state index contributed by atoms with van der Waals surface area (Å²) in [6.45, 7) is 7.26. The van der Waals surface area contributed by atoms with Gasteiger partial charge in [-0.2, -0.15) is 0 Å². The highest BCUT2D eigenvalue weighted by atomic mass is 16.3. The molecule has 6 atom stereocenters. The summed E-state index contributed by atoms with van der Waals surface area (Å²) in [4.78, 5) is 0. The second-order valence-corrected chi connectivity index (χ2v) is 8.28. The molecule has 1 N–H and O–H groups in total. The van der Waals surface area contributed by atoms with Crippen LogP contribution in [0.5, 0.6) is 0 Å². The van der Waals surface area contributed by atoms with Gasteiger partial charge in [-0.25, -0.2) is 0 Å². The van der Waals surface area contributed by atoms with Crippen LogP contribution in [0.1, 0.15) is 59.3 Å². The van der Waals surface area contributed by atoms with E-state index in [1.165, 1.54) is 31.3 Å². The molecule has 0 amide bonds. The second kappa shape index (κ2) is 4.22. The SMILES string of the molecule is CC1=CCC2C3=C(CCC2C)C(O)CC2(C)CCC1C32. The van der Waals surface area contributed by atoms with Gasteiger partial charge in [0.2, 0.25) is 0 Å². The van der Waals surface area contributed by atoms with E-state index >= 15 is 0 Å². The lowest BCUT2D eigenvalue weighted by molar-refractivity contribution is 0.0702. The van der Waals surface area contributed by atoms with E-state index in [1.54, 1.807) is 11.1 Å². The summed E-state index contributed by atoms with van der Waals surface area (Å²) in [7, 11) is 0. The highest BCUT2D eigenvalue weighted by Gasteiger charge is 2.55. The van der Waals surface area contributed by atoms with Crippen LogP contribution in [0.3, 0.4) is 0 Å². The minimum atomic E-state index is -0.140. The summed E-state index contributed by atoms with van der Waals surface area (Å²) in [5, 5.41) is 10.7. The van der Waals surface area contributed by atoms with Crippen LogP contribution < -0.4 is 0 Å². The van der Waals surface area contributed by atoms with Crippen LogP contribution in [0.25, 0.3) is 0 Å². The van der Waals surface area contributed by atoms with Crippen LogP contribution in [-0.2, 0) is 0 Å². The van der Waals surface area contributed by atoms with Crippen molar-refractivity contribution in [1.82, 2.24) is 0 Å². The molecule has 1 saturated carbocycles. The molecular weight excluding hydrogens is 244 g/mol. The topological polar surface area (TPSA) is 20.2 Å². The molecule has 0 heterocycles. The maximum atomic E-state index is 10.7. The van der Waals surface area contributed by atoms with Crippen LogP contribution >= 0.6 is 0 Å². The fourth-order valence-electron chi connectivity index (χ4n) is 6.06. The van der Waals surface area contributed by atoms with Crippen molar-refractivity contribution in [1.29, 1.82) is 0 Å². The van der Waals surface area contributed by atoms with Crippen LogP contribution in [0.2, 0.25) is 0 Å². The van der Waals surface area contributed by atoms with Crippen molar-refractivity contribution in [3.63, 3.8) is 0 Å². The molecule has 0 radical (unpaired) electrons. The minimum Gasteiger partial charge on any atom is -0.389 e. The fraction of sp³-hybridized carbons (Fsp3) is 0.789. The van der Waals surface area contributed by atoms with Crippen molar-refractivity contribution in [3.05, 3.63) is 22.8 Å². The fourth-order valence-corrected chi connectivity index (χ4v) is 6.06. The third-order valence-electron chi connectivity index (χ3n) is 7.18. The van der Waals surface area contributed by atoms with Gasteiger partial charge in [0.25, 0.3) is 0 Å². The maximum absolute atomic E-state index is 10.7. The molecule has 0 saturated heterocycles. The van der Waals surface area contributed by atoms with Crippen LogP contribution in [0.4, 0.5) is 0 Å². The Bertz CT molecular complexity index is 500. The molecule has 6 unspecified atom stereocenters. The lowest BCUT2D eigenvalue weighted by Crippen LogP contribution is -2.42.